The predicted octanol–water partition coefficient (Wildman–Crippen LogP) is 2.22. The molecule has 2 aromatic heterocycles. The van der Waals surface area contributed by atoms with Gasteiger partial charge in [-0.05, 0) is 23.8 Å². The van der Waals surface area contributed by atoms with Crippen molar-refractivity contribution in [2.75, 3.05) is 0 Å². The molecule has 2 heterocycles. The molecule has 0 amide bonds. The highest BCUT2D eigenvalue weighted by molar-refractivity contribution is 7.13. The molecule has 0 fully saturated rings. The Morgan fingerprint density at radius 2 is 2.26 bits per heavy atom. The van der Waals surface area contributed by atoms with Gasteiger partial charge in [-0.1, -0.05) is 18.2 Å². The van der Waals surface area contributed by atoms with Crippen LogP contribution in [0.25, 0.3) is 10.7 Å². The Hall–Kier alpha value is -2.27. The van der Waals surface area contributed by atoms with Gasteiger partial charge in [-0.2, -0.15) is 5.10 Å². The first-order chi connectivity index (χ1) is 9.33. The highest BCUT2D eigenvalue weighted by atomic mass is 32.1. The molecule has 0 aliphatic carbocycles. The molecule has 0 unspecified atom stereocenters. The molecule has 1 aromatic carbocycles. The quantitative estimate of drug-likeness (QED) is 0.731. The fourth-order valence-corrected chi connectivity index (χ4v) is 2.33. The van der Waals surface area contributed by atoms with Crippen LogP contribution in [0, 0.1) is 6.07 Å². The molecule has 0 bridgehead atoms. The van der Waals surface area contributed by atoms with Crippen LogP contribution in [0.5, 0.6) is 0 Å². The van der Waals surface area contributed by atoms with E-state index in [9.17, 15) is 4.79 Å². The van der Waals surface area contributed by atoms with Crippen molar-refractivity contribution in [2.45, 2.75) is 6.54 Å². The fraction of sp³-hybridized carbons (Fsp3) is 0.0714. The molecular weight excluding hydrogens is 258 g/mol. The molecule has 93 valence electrons. The molecular formula is C14H10N3OS. The fourth-order valence-electron chi connectivity index (χ4n) is 1.73. The van der Waals surface area contributed by atoms with Gasteiger partial charge in [-0.15, -0.1) is 11.3 Å². The third kappa shape index (κ3) is 2.61. The number of hydrogen-bond donors (Lipinski definition) is 0. The van der Waals surface area contributed by atoms with Crippen LogP contribution in [0.15, 0.2) is 52.8 Å². The van der Waals surface area contributed by atoms with Crippen molar-refractivity contribution in [1.29, 1.82) is 0 Å². The number of aromatic nitrogens is 3. The topological polar surface area (TPSA) is 47.8 Å². The van der Waals surface area contributed by atoms with E-state index >= 15 is 0 Å². The van der Waals surface area contributed by atoms with Gasteiger partial charge in [0, 0.05) is 17.6 Å². The van der Waals surface area contributed by atoms with E-state index in [1.54, 1.807) is 12.3 Å². The summed E-state index contributed by atoms with van der Waals surface area (Å²) in [6, 6.07) is 13.7. The Labute approximate surface area is 114 Å². The smallest absolute Gasteiger partial charge is 0.267 e. The van der Waals surface area contributed by atoms with E-state index < -0.39 is 0 Å². The second-order valence-electron chi connectivity index (χ2n) is 3.96. The van der Waals surface area contributed by atoms with Crippen LogP contribution in [0.3, 0.4) is 0 Å². The molecule has 0 aliphatic rings. The molecule has 4 nitrogen and oxygen atoms in total. The van der Waals surface area contributed by atoms with Gasteiger partial charge in [0.05, 0.1) is 6.54 Å². The summed E-state index contributed by atoms with van der Waals surface area (Å²) in [7, 11) is 0. The van der Waals surface area contributed by atoms with E-state index in [1.807, 2.05) is 29.6 Å². The largest absolute Gasteiger partial charge is 0.268 e. The van der Waals surface area contributed by atoms with Crippen molar-refractivity contribution in [1.82, 2.24) is 14.8 Å². The zero-order chi connectivity index (χ0) is 13.1. The molecule has 0 N–H and O–H groups in total. The molecule has 3 aromatic rings. The van der Waals surface area contributed by atoms with Gasteiger partial charge in [0.2, 0.25) is 0 Å². The van der Waals surface area contributed by atoms with Gasteiger partial charge >= 0.3 is 0 Å². The van der Waals surface area contributed by atoms with Gasteiger partial charge in [-0.25, -0.2) is 9.67 Å². The van der Waals surface area contributed by atoms with Crippen molar-refractivity contribution in [2.24, 2.45) is 0 Å². The Balaban J connectivity index is 1.97. The third-order valence-corrected chi connectivity index (χ3v) is 3.42. The van der Waals surface area contributed by atoms with E-state index in [-0.39, 0.29) is 5.56 Å². The SMILES string of the molecule is O=c1ccc(-c2nccs2)nn1Cc1c[c]ccc1. The Bertz CT molecular complexity index is 720. The first kappa shape index (κ1) is 11.8. The van der Waals surface area contributed by atoms with Crippen LogP contribution in [-0.4, -0.2) is 14.8 Å². The predicted molar refractivity (Wildman–Crippen MR) is 74.0 cm³/mol. The standard InChI is InChI=1S/C14H10N3OS/c18-13-7-6-12(14-15-8-9-19-14)16-17(13)10-11-4-2-1-3-5-11/h1-2,4-9H,10H2. The van der Waals surface area contributed by atoms with Crippen LogP contribution in [0.2, 0.25) is 0 Å². The lowest BCUT2D eigenvalue weighted by Gasteiger charge is -2.05. The minimum atomic E-state index is -0.121. The van der Waals surface area contributed by atoms with Crippen LogP contribution >= 0.6 is 11.3 Å². The number of thiazole rings is 1. The van der Waals surface area contributed by atoms with Crippen LogP contribution in [-0.2, 0) is 6.54 Å². The molecule has 0 saturated carbocycles. The summed E-state index contributed by atoms with van der Waals surface area (Å²) in [5, 5.41) is 7.05. The summed E-state index contributed by atoms with van der Waals surface area (Å²) in [4.78, 5) is 16.0. The van der Waals surface area contributed by atoms with Gasteiger partial charge < -0.3 is 0 Å². The maximum atomic E-state index is 11.8. The zero-order valence-electron chi connectivity index (χ0n) is 9.98. The maximum absolute atomic E-state index is 11.8. The lowest BCUT2D eigenvalue weighted by molar-refractivity contribution is 0.642. The van der Waals surface area contributed by atoms with Gasteiger partial charge in [0.25, 0.3) is 5.56 Å². The summed E-state index contributed by atoms with van der Waals surface area (Å²) < 4.78 is 1.44. The average Bonchev–Trinajstić information content (AvgIpc) is 2.96. The second kappa shape index (κ2) is 5.16. The molecule has 0 atom stereocenters. The monoisotopic (exact) mass is 268 g/mol. The highest BCUT2D eigenvalue weighted by Crippen LogP contribution is 2.17. The highest BCUT2D eigenvalue weighted by Gasteiger charge is 2.05. The van der Waals surface area contributed by atoms with Crippen molar-refractivity contribution in [3.63, 3.8) is 0 Å². The first-order valence-corrected chi connectivity index (χ1v) is 6.64. The number of benzene rings is 1. The van der Waals surface area contributed by atoms with E-state index in [1.165, 1.54) is 22.1 Å². The first-order valence-electron chi connectivity index (χ1n) is 5.76. The van der Waals surface area contributed by atoms with Gasteiger partial charge in [-0.3, -0.25) is 4.79 Å². The van der Waals surface area contributed by atoms with Crippen molar-refractivity contribution >= 4 is 11.3 Å². The lowest BCUT2D eigenvalue weighted by atomic mass is 10.2. The summed E-state index contributed by atoms with van der Waals surface area (Å²) in [5.74, 6) is 0. The maximum Gasteiger partial charge on any atom is 0.267 e. The zero-order valence-corrected chi connectivity index (χ0v) is 10.8. The van der Waals surface area contributed by atoms with Crippen molar-refractivity contribution < 1.29 is 0 Å². The summed E-state index contributed by atoms with van der Waals surface area (Å²) >= 11 is 1.50. The molecule has 5 heteroatoms. The van der Waals surface area contributed by atoms with Crippen molar-refractivity contribution in [3.8, 4) is 10.7 Å². The normalized spacial score (nSPS) is 10.5. The molecule has 0 saturated heterocycles. The average molecular weight is 268 g/mol. The number of rotatable bonds is 3. The summed E-state index contributed by atoms with van der Waals surface area (Å²) in [5.41, 5.74) is 1.59. The summed E-state index contributed by atoms with van der Waals surface area (Å²) in [6.07, 6.45) is 1.73. The van der Waals surface area contributed by atoms with E-state index in [0.29, 0.717) is 6.54 Å². The van der Waals surface area contributed by atoms with E-state index in [4.69, 9.17) is 0 Å². The van der Waals surface area contributed by atoms with Gasteiger partial charge in [0.15, 0.2) is 0 Å². The minimum Gasteiger partial charge on any atom is -0.268 e. The van der Waals surface area contributed by atoms with E-state index in [2.05, 4.69) is 16.1 Å². The lowest BCUT2D eigenvalue weighted by Crippen LogP contribution is -2.22. The van der Waals surface area contributed by atoms with Crippen LogP contribution in [0.1, 0.15) is 5.56 Å². The molecule has 0 aliphatic heterocycles. The molecule has 0 spiro atoms. The van der Waals surface area contributed by atoms with Crippen molar-refractivity contribution in [3.05, 3.63) is 70.0 Å². The van der Waals surface area contributed by atoms with Gasteiger partial charge in [0.1, 0.15) is 10.7 Å². The van der Waals surface area contributed by atoms with Crippen LogP contribution < -0.4 is 5.56 Å². The Morgan fingerprint density at radius 3 is 3.00 bits per heavy atom. The minimum absolute atomic E-state index is 0.121. The number of hydrogen-bond acceptors (Lipinski definition) is 4. The Morgan fingerprint density at radius 1 is 1.32 bits per heavy atom. The van der Waals surface area contributed by atoms with E-state index in [0.717, 1.165) is 16.3 Å². The third-order valence-electron chi connectivity index (χ3n) is 2.62. The summed E-state index contributed by atoms with van der Waals surface area (Å²) in [6.45, 7) is 0.440. The van der Waals surface area contributed by atoms with Crippen LogP contribution in [0.4, 0.5) is 0 Å². The molecule has 3 rings (SSSR count). The molecule has 19 heavy (non-hydrogen) atoms. The Kier molecular flexibility index (Phi) is 3.20. The number of nitrogens with zero attached hydrogens (tertiary/aromatic N) is 3. The second-order valence-corrected chi connectivity index (χ2v) is 4.86. The molecule has 1 radical (unpaired) electrons.